The number of aliphatic hydroxyl groups is 1. The lowest BCUT2D eigenvalue weighted by Crippen LogP contribution is -2.35. The number of hydrogen-bond donors (Lipinski definition) is 3. The van der Waals surface area contributed by atoms with Gasteiger partial charge in [-0.2, -0.15) is 0 Å². The Morgan fingerprint density at radius 2 is 2.25 bits per heavy atom. The van der Waals surface area contributed by atoms with Crippen LogP contribution in [0.1, 0.15) is 0 Å². The van der Waals surface area contributed by atoms with Crippen molar-refractivity contribution in [1.29, 1.82) is 0 Å². The van der Waals surface area contributed by atoms with Crippen LogP contribution in [-0.2, 0) is 9.59 Å². The van der Waals surface area contributed by atoms with Crippen molar-refractivity contribution in [2.45, 2.75) is 6.10 Å². The van der Waals surface area contributed by atoms with E-state index < -0.39 is 46.0 Å². The van der Waals surface area contributed by atoms with Gasteiger partial charge < -0.3 is 15.7 Å². The predicted molar refractivity (Wildman–Crippen MR) is 64.2 cm³/mol. The van der Waals surface area contributed by atoms with Gasteiger partial charge in [-0.3, -0.25) is 19.7 Å². The Hall–Kier alpha value is -2.55. The monoisotopic (exact) mass is 283 g/mol. The van der Waals surface area contributed by atoms with Gasteiger partial charge in [-0.25, -0.2) is 4.39 Å². The highest BCUT2D eigenvalue weighted by atomic mass is 19.1. The molecule has 0 bridgehead atoms. The highest BCUT2D eigenvalue weighted by Gasteiger charge is 2.39. The lowest BCUT2D eigenvalue weighted by Gasteiger charge is -2.12. The van der Waals surface area contributed by atoms with Gasteiger partial charge in [0.2, 0.25) is 11.8 Å². The molecule has 8 nitrogen and oxygen atoms in total. The maximum atomic E-state index is 13.5. The van der Waals surface area contributed by atoms with Crippen molar-refractivity contribution < 1.29 is 24.0 Å². The molecule has 2 rings (SSSR count). The van der Waals surface area contributed by atoms with Gasteiger partial charge in [0.25, 0.3) is 5.69 Å². The van der Waals surface area contributed by atoms with Crippen LogP contribution < -0.4 is 10.6 Å². The van der Waals surface area contributed by atoms with Crippen molar-refractivity contribution in [3.05, 3.63) is 34.1 Å². The fourth-order valence-corrected chi connectivity index (χ4v) is 1.83. The number of halogens is 1. The zero-order valence-electron chi connectivity index (χ0n) is 10.00. The van der Waals surface area contributed by atoms with E-state index in [0.717, 1.165) is 18.2 Å². The van der Waals surface area contributed by atoms with Gasteiger partial charge >= 0.3 is 0 Å². The summed E-state index contributed by atoms with van der Waals surface area (Å²) >= 11 is 0. The van der Waals surface area contributed by atoms with E-state index in [-0.39, 0.29) is 6.54 Å². The van der Waals surface area contributed by atoms with Crippen molar-refractivity contribution in [1.82, 2.24) is 5.32 Å². The normalized spacial score (nSPS) is 21.4. The molecule has 1 aliphatic rings. The molecule has 106 valence electrons. The number of β-amino-alcohol motifs (C(OH)–C–C–N with tert-alkyl or cyclic N) is 1. The van der Waals surface area contributed by atoms with Crippen LogP contribution >= 0.6 is 0 Å². The second-order valence-electron chi connectivity index (χ2n) is 4.20. The van der Waals surface area contributed by atoms with E-state index in [0.29, 0.717) is 0 Å². The highest BCUT2D eigenvalue weighted by Crippen LogP contribution is 2.22. The molecule has 1 saturated heterocycles. The van der Waals surface area contributed by atoms with Crippen LogP contribution in [0.15, 0.2) is 18.2 Å². The van der Waals surface area contributed by atoms with Gasteiger partial charge in [-0.1, -0.05) is 0 Å². The number of nitro benzene ring substituents is 1. The van der Waals surface area contributed by atoms with Crippen molar-refractivity contribution >= 4 is 23.2 Å². The standard InChI is InChI=1S/C11H10FN3O5/c12-6-2-1-5(15(19)20)3-7(6)14-11(18)9-8(16)4-13-10(9)17/h1-3,8-9,16H,4H2,(H,13,17)(H,14,18). The molecule has 0 radical (unpaired) electrons. The third kappa shape index (κ3) is 2.57. The number of non-ortho nitro benzene ring substituents is 1. The fourth-order valence-electron chi connectivity index (χ4n) is 1.83. The zero-order valence-corrected chi connectivity index (χ0v) is 10.00. The van der Waals surface area contributed by atoms with Gasteiger partial charge in [-0.15, -0.1) is 0 Å². The molecule has 1 fully saturated rings. The van der Waals surface area contributed by atoms with E-state index in [1.807, 2.05) is 0 Å². The van der Waals surface area contributed by atoms with Crippen LogP contribution in [0.3, 0.4) is 0 Å². The van der Waals surface area contributed by atoms with Gasteiger partial charge in [0.1, 0.15) is 11.7 Å². The molecule has 20 heavy (non-hydrogen) atoms. The summed E-state index contributed by atoms with van der Waals surface area (Å²) in [6.45, 7) is -0.0751. The first-order chi connectivity index (χ1) is 9.40. The summed E-state index contributed by atoms with van der Waals surface area (Å²) in [6, 6.07) is 2.62. The molecule has 3 N–H and O–H groups in total. The number of rotatable bonds is 3. The summed E-state index contributed by atoms with van der Waals surface area (Å²) < 4.78 is 13.5. The summed E-state index contributed by atoms with van der Waals surface area (Å²) in [5.41, 5.74) is -0.825. The van der Waals surface area contributed by atoms with Gasteiger partial charge in [0, 0.05) is 18.7 Å². The number of amides is 2. The third-order valence-electron chi connectivity index (χ3n) is 2.85. The lowest BCUT2D eigenvalue weighted by molar-refractivity contribution is -0.384. The Bertz CT molecular complexity index is 591. The summed E-state index contributed by atoms with van der Waals surface area (Å²) in [6.07, 6.45) is -1.22. The molecule has 0 aromatic heterocycles. The van der Waals surface area contributed by atoms with E-state index in [1.165, 1.54) is 0 Å². The van der Waals surface area contributed by atoms with Gasteiger partial charge in [0.05, 0.1) is 16.7 Å². The largest absolute Gasteiger partial charge is 0.390 e. The molecule has 1 aliphatic heterocycles. The minimum atomic E-state index is -1.37. The maximum absolute atomic E-state index is 13.5. The average Bonchev–Trinajstić information content (AvgIpc) is 2.71. The number of hydrogen-bond acceptors (Lipinski definition) is 5. The molecule has 0 saturated carbocycles. The number of anilines is 1. The van der Waals surface area contributed by atoms with E-state index in [9.17, 15) is 29.2 Å². The Kier molecular flexibility index (Phi) is 3.61. The van der Waals surface area contributed by atoms with Gasteiger partial charge in [0.15, 0.2) is 0 Å². The van der Waals surface area contributed by atoms with Crippen molar-refractivity contribution in [3.8, 4) is 0 Å². The van der Waals surface area contributed by atoms with Crippen molar-refractivity contribution in [2.24, 2.45) is 5.92 Å². The Morgan fingerprint density at radius 1 is 1.55 bits per heavy atom. The third-order valence-corrected chi connectivity index (χ3v) is 2.85. The number of carbonyl (C=O) groups excluding carboxylic acids is 2. The SMILES string of the molecule is O=C1NCC(O)C1C(=O)Nc1cc([N+](=O)[O-])ccc1F. The Balaban J connectivity index is 2.21. The second kappa shape index (κ2) is 5.21. The molecule has 1 aromatic rings. The average molecular weight is 283 g/mol. The molecule has 2 amide bonds. The Labute approximate surface area is 111 Å². The minimum absolute atomic E-state index is 0.0751. The molecule has 2 unspecified atom stereocenters. The molecular formula is C11H10FN3O5. The topological polar surface area (TPSA) is 122 Å². The predicted octanol–water partition coefficient (Wildman–Crippen LogP) is -0.221. The molecule has 1 aromatic carbocycles. The van der Waals surface area contributed by atoms with Crippen molar-refractivity contribution in [2.75, 3.05) is 11.9 Å². The lowest BCUT2D eigenvalue weighted by atomic mass is 10.0. The van der Waals surface area contributed by atoms with Gasteiger partial charge in [-0.05, 0) is 6.07 Å². The maximum Gasteiger partial charge on any atom is 0.271 e. The van der Waals surface area contributed by atoms with Crippen LogP contribution in [0.2, 0.25) is 0 Å². The second-order valence-corrected chi connectivity index (χ2v) is 4.20. The molecule has 0 aliphatic carbocycles. The Morgan fingerprint density at radius 3 is 2.80 bits per heavy atom. The van der Waals surface area contributed by atoms with Crippen LogP contribution in [0.5, 0.6) is 0 Å². The number of carbonyl (C=O) groups is 2. The number of nitrogens with zero attached hydrogens (tertiary/aromatic N) is 1. The van der Waals surface area contributed by atoms with Crippen LogP contribution in [0, 0.1) is 21.8 Å². The summed E-state index contributed by atoms with van der Waals surface area (Å²) in [7, 11) is 0. The molecule has 1 heterocycles. The number of nitro groups is 1. The molecule has 2 atom stereocenters. The van der Waals surface area contributed by atoms with Crippen LogP contribution in [0.25, 0.3) is 0 Å². The van der Waals surface area contributed by atoms with Crippen molar-refractivity contribution in [3.63, 3.8) is 0 Å². The summed E-state index contributed by atoms with van der Waals surface area (Å²) in [5, 5.41) is 24.4. The zero-order chi connectivity index (χ0) is 14.9. The highest BCUT2D eigenvalue weighted by molar-refractivity contribution is 6.08. The van der Waals surface area contributed by atoms with E-state index in [2.05, 4.69) is 10.6 Å². The fraction of sp³-hybridized carbons (Fsp3) is 0.273. The van der Waals surface area contributed by atoms with E-state index in [1.54, 1.807) is 0 Å². The number of aliphatic hydroxyl groups excluding tert-OH is 1. The first-order valence-electron chi connectivity index (χ1n) is 5.60. The first kappa shape index (κ1) is 13.9. The van der Waals surface area contributed by atoms with Crippen LogP contribution in [-0.4, -0.2) is 34.5 Å². The smallest absolute Gasteiger partial charge is 0.271 e. The molecular weight excluding hydrogens is 273 g/mol. The number of benzene rings is 1. The summed E-state index contributed by atoms with van der Waals surface area (Å²) in [4.78, 5) is 33.0. The van der Waals surface area contributed by atoms with Crippen LogP contribution in [0.4, 0.5) is 15.8 Å². The quantitative estimate of drug-likeness (QED) is 0.402. The molecule has 9 heteroatoms. The first-order valence-corrected chi connectivity index (χ1v) is 5.60. The number of nitrogens with one attached hydrogen (secondary N) is 2. The minimum Gasteiger partial charge on any atom is -0.390 e. The van der Waals surface area contributed by atoms with E-state index >= 15 is 0 Å². The molecule has 0 spiro atoms. The van der Waals surface area contributed by atoms with E-state index in [4.69, 9.17) is 0 Å². The summed E-state index contributed by atoms with van der Waals surface area (Å²) in [5.74, 6) is -3.85.